The molecule has 0 aromatic rings. The van der Waals surface area contributed by atoms with Crippen LogP contribution in [0.1, 0.15) is 38.5 Å². The Morgan fingerprint density at radius 3 is 1.81 bits per heavy atom. The maximum absolute atomic E-state index is 13.9. The summed E-state index contributed by atoms with van der Waals surface area (Å²) in [6, 6.07) is 0. The highest BCUT2D eigenvalue weighted by Gasteiger charge is 2.65. The lowest BCUT2D eigenvalue weighted by atomic mass is 9.53. The first-order valence-electron chi connectivity index (χ1n) is 7.31. The number of ether oxygens (including phenoxy) is 1. The number of methoxy groups -OCH3 is 1. The van der Waals surface area contributed by atoms with Gasteiger partial charge < -0.3 is 10.1 Å². The van der Waals surface area contributed by atoms with Crippen LogP contribution >= 0.6 is 0 Å². The van der Waals surface area contributed by atoms with Gasteiger partial charge in [0.1, 0.15) is 0 Å². The van der Waals surface area contributed by atoms with Gasteiger partial charge >= 0.3 is 12.0 Å². The maximum Gasteiger partial charge on any atom is 0.458 e. The maximum atomic E-state index is 13.9. The van der Waals surface area contributed by atoms with Crippen molar-refractivity contribution < 1.29 is 27.1 Å². The van der Waals surface area contributed by atoms with Crippen molar-refractivity contribution in [2.75, 3.05) is 7.11 Å². The third kappa shape index (κ3) is 2.33. The van der Waals surface area contributed by atoms with Gasteiger partial charge in [-0.25, -0.2) is 0 Å². The van der Waals surface area contributed by atoms with Crippen molar-refractivity contribution in [1.29, 1.82) is 0 Å². The molecule has 1 amide bonds. The fraction of sp³-hybridized carbons (Fsp3) is 0.929. The third-order valence-electron chi connectivity index (χ3n) is 5.35. The topological polar surface area (TPSA) is 38.3 Å². The number of alkyl halides is 4. The van der Waals surface area contributed by atoms with Gasteiger partial charge in [0, 0.05) is 12.6 Å². The molecule has 0 saturated heterocycles. The molecule has 4 aliphatic rings. The van der Waals surface area contributed by atoms with E-state index in [2.05, 4.69) is 10.1 Å². The average molecular weight is 309 g/mol. The van der Waals surface area contributed by atoms with Gasteiger partial charge in [-0.15, -0.1) is 0 Å². The summed E-state index contributed by atoms with van der Waals surface area (Å²) in [6.07, 6.45) is -0.167. The van der Waals surface area contributed by atoms with Crippen LogP contribution in [0.3, 0.4) is 0 Å². The van der Waals surface area contributed by atoms with Crippen LogP contribution in [0.25, 0.3) is 0 Å². The largest absolute Gasteiger partial charge is 0.458 e. The van der Waals surface area contributed by atoms with E-state index in [-0.39, 0.29) is 0 Å². The molecule has 4 rings (SSSR count). The molecule has 0 aliphatic heterocycles. The Balaban J connectivity index is 1.78. The third-order valence-corrected chi connectivity index (χ3v) is 5.35. The lowest BCUT2D eigenvalue weighted by Crippen LogP contribution is -2.65. The van der Waals surface area contributed by atoms with Gasteiger partial charge in [0.25, 0.3) is 5.91 Å². The number of amides is 1. The minimum absolute atomic E-state index is 0.444. The molecular weight excluding hydrogens is 290 g/mol. The van der Waals surface area contributed by atoms with E-state index in [0.717, 1.165) is 19.3 Å². The summed E-state index contributed by atoms with van der Waals surface area (Å²) in [5.41, 5.74) is -0.674. The average Bonchev–Trinajstić information content (AvgIpc) is 2.33. The predicted octanol–water partition coefficient (Wildman–Crippen LogP) is 2.95. The van der Waals surface area contributed by atoms with Crippen LogP contribution in [-0.4, -0.2) is 30.6 Å². The van der Waals surface area contributed by atoms with Crippen LogP contribution in [0, 0.1) is 17.8 Å². The van der Waals surface area contributed by atoms with Gasteiger partial charge in [0.15, 0.2) is 0 Å². The molecule has 4 fully saturated rings. The zero-order valence-corrected chi connectivity index (χ0v) is 11.8. The number of hydrogen-bond donors (Lipinski definition) is 1. The Morgan fingerprint density at radius 2 is 1.48 bits per heavy atom. The van der Waals surface area contributed by atoms with E-state index in [0.29, 0.717) is 44.1 Å². The summed E-state index contributed by atoms with van der Waals surface area (Å²) in [5, 5.41) is 2.36. The van der Waals surface area contributed by atoms with E-state index in [4.69, 9.17) is 0 Å². The highest BCUT2D eigenvalue weighted by atomic mass is 19.4. The molecule has 1 N–H and O–H groups in total. The van der Waals surface area contributed by atoms with Crippen molar-refractivity contribution in [2.45, 2.75) is 56.1 Å². The molecule has 4 saturated carbocycles. The Labute approximate surface area is 120 Å². The second-order valence-corrected chi connectivity index (χ2v) is 6.95. The lowest BCUT2D eigenvalue weighted by Gasteiger charge is -2.57. The number of nitrogens with one attached hydrogen (secondary N) is 1. The van der Waals surface area contributed by atoms with E-state index in [1.54, 1.807) is 0 Å². The van der Waals surface area contributed by atoms with Crippen molar-refractivity contribution in [1.82, 2.24) is 5.32 Å². The molecule has 4 bridgehead atoms. The number of carbonyl (C=O) groups excluding carboxylic acids is 1. The highest BCUT2D eigenvalue weighted by molar-refractivity contribution is 5.85. The van der Waals surface area contributed by atoms with E-state index >= 15 is 0 Å². The Kier molecular flexibility index (Phi) is 3.28. The van der Waals surface area contributed by atoms with Gasteiger partial charge in [-0.3, -0.25) is 4.79 Å². The molecule has 0 aromatic carbocycles. The van der Waals surface area contributed by atoms with E-state index in [1.807, 2.05) is 0 Å². The first-order valence-corrected chi connectivity index (χ1v) is 7.31. The minimum Gasteiger partial charge on any atom is -0.345 e. The summed E-state index contributed by atoms with van der Waals surface area (Å²) < 4.78 is 56.1. The number of halogens is 4. The second kappa shape index (κ2) is 4.57. The fourth-order valence-electron chi connectivity index (χ4n) is 4.92. The van der Waals surface area contributed by atoms with Crippen molar-refractivity contribution in [3.8, 4) is 0 Å². The Bertz CT molecular complexity index is 415. The molecule has 1 atom stereocenters. The smallest absolute Gasteiger partial charge is 0.345 e. The van der Waals surface area contributed by atoms with E-state index in [9.17, 15) is 22.4 Å². The standard InChI is InChI=1S/C14H19F4NO2/c1-21-13(15,14(16,17)18)11(20)19-12-5-8-2-9(6-12)4-10(3-8)7-12/h8-10H,2-7H2,1H3,(H,19,20). The molecule has 3 nitrogen and oxygen atoms in total. The Hall–Kier alpha value is -0.850. The Morgan fingerprint density at radius 1 is 1.05 bits per heavy atom. The summed E-state index contributed by atoms with van der Waals surface area (Å²) in [6.45, 7) is 0. The number of rotatable bonds is 3. The minimum atomic E-state index is -5.38. The predicted molar refractivity (Wildman–Crippen MR) is 65.9 cm³/mol. The number of hydrogen-bond acceptors (Lipinski definition) is 2. The molecular formula is C14H19F4NO2. The molecule has 21 heavy (non-hydrogen) atoms. The second-order valence-electron chi connectivity index (χ2n) is 6.95. The zero-order chi connectivity index (χ0) is 15.5. The zero-order valence-electron chi connectivity index (χ0n) is 11.8. The molecule has 4 aliphatic carbocycles. The molecule has 7 heteroatoms. The molecule has 0 heterocycles. The fourth-order valence-corrected chi connectivity index (χ4v) is 4.92. The van der Waals surface area contributed by atoms with Crippen LogP contribution in [0.2, 0.25) is 0 Å². The van der Waals surface area contributed by atoms with Crippen LogP contribution < -0.4 is 5.32 Å². The van der Waals surface area contributed by atoms with Crippen molar-refractivity contribution in [2.24, 2.45) is 17.8 Å². The molecule has 0 spiro atoms. The first kappa shape index (κ1) is 15.1. The van der Waals surface area contributed by atoms with Gasteiger partial charge in [0.05, 0.1) is 0 Å². The van der Waals surface area contributed by atoms with Crippen molar-refractivity contribution in [3.63, 3.8) is 0 Å². The van der Waals surface area contributed by atoms with Crippen LogP contribution in [0.15, 0.2) is 0 Å². The van der Waals surface area contributed by atoms with E-state index < -0.39 is 23.5 Å². The summed E-state index contributed by atoms with van der Waals surface area (Å²) >= 11 is 0. The van der Waals surface area contributed by atoms with Crippen molar-refractivity contribution in [3.05, 3.63) is 0 Å². The number of carbonyl (C=O) groups is 1. The monoisotopic (exact) mass is 309 g/mol. The summed E-state index contributed by atoms with van der Waals surface area (Å²) in [4.78, 5) is 11.9. The van der Waals surface area contributed by atoms with Crippen LogP contribution in [0.5, 0.6) is 0 Å². The van der Waals surface area contributed by atoms with E-state index in [1.165, 1.54) is 0 Å². The molecule has 0 aromatic heterocycles. The van der Waals surface area contributed by atoms with Gasteiger partial charge in [-0.2, -0.15) is 17.6 Å². The highest BCUT2D eigenvalue weighted by Crippen LogP contribution is 2.55. The molecule has 0 radical (unpaired) electrons. The van der Waals surface area contributed by atoms with Gasteiger partial charge in [-0.05, 0) is 56.3 Å². The van der Waals surface area contributed by atoms with Gasteiger partial charge in [-0.1, -0.05) is 0 Å². The van der Waals surface area contributed by atoms with Crippen LogP contribution in [-0.2, 0) is 9.53 Å². The summed E-state index contributed by atoms with van der Waals surface area (Å²) in [5.74, 6) is -4.65. The molecule has 1 unspecified atom stereocenters. The summed E-state index contributed by atoms with van der Waals surface area (Å²) in [7, 11) is 0.562. The molecule has 120 valence electrons. The lowest BCUT2D eigenvalue weighted by molar-refractivity contribution is -0.308. The van der Waals surface area contributed by atoms with Gasteiger partial charge in [0.2, 0.25) is 0 Å². The normalized spacial score (nSPS) is 40.9. The quantitative estimate of drug-likeness (QED) is 0.814. The first-order chi connectivity index (χ1) is 9.67. The van der Waals surface area contributed by atoms with Crippen molar-refractivity contribution >= 4 is 5.91 Å². The SMILES string of the molecule is COC(F)(C(=O)NC12CC3CC(CC(C3)C1)C2)C(F)(F)F. The van der Waals surface area contributed by atoms with Crippen LogP contribution in [0.4, 0.5) is 17.6 Å².